The zero-order valence-corrected chi connectivity index (χ0v) is 14.2. The summed E-state index contributed by atoms with van der Waals surface area (Å²) in [6.45, 7) is 3.75. The van der Waals surface area contributed by atoms with Gasteiger partial charge in [0, 0.05) is 11.1 Å². The average molecular weight is 332 g/mol. The van der Waals surface area contributed by atoms with Crippen LogP contribution in [-0.4, -0.2) is 18.1 Å². The number of hydrogen-bond donors (Lipinski definition) is 1. The lowest BCUT2D eigenvalue weighted by Gasteiger charge is -2.19. The average Bonchev–Trinajstić information content (AvgIpc) is 2.56. The molecule has 0 bridgehead atoms. The highest BCUT2D eigenvalue weighted by Crippen LogP contribution is 2.17. The zero-order valence-electron chi connectivity index (χ0n) is 13.5. The van der Waals surface area contributed by atoms with Gasteiger partial charge in [-0.05, 0) is 56.5 Å². The van der Waals surface area contributed by atoms with Crippen molar-refractivity contribution in [1.29, 1.82) is 0 Å². The summed E-state index contributed by atoms with van der Waals surface area (Å²) in [5.74, 6) is 0.523. The molecule has 0 fully saturated rings. The van der Waals surface area contributed by atoms with Crippen molar-refractivity contribution in [2.75, 3.05) is 0 Å². The van der Waals surface area contributed by atoms with Gasteiger partial charge in [-0.2, -0.15) is 0 Å². The van der Waals surface area contributed by atoms with Crippen LogP contribution < -0.4 is 10.1 Å². The van der Waals surface area contributed by atoms with Crippen LogP contribution >= 0.6 is 11.6 Å². The second-order valence-corrected chi connectivity index (χ2v) is 6.08. The van der Waals surface area contributed by atoms with Gasteiger partial charge in [-0.3, -0.25) is 4.79 Å². The number of amides is 1. The van der Waals surface area contributed by atoms with Crippen molar-refractivity contribution in [2.45, 2.75) is 38.8 Å². The number of hydrogen-bond acceptors (Lipinski definition) is 2. The Kier molecular flexibility index (Phi) is 6.48. The van der Waals surface area contributed by atoms with Gasteiger partial charge < -0.3 is 10.1 Å². The van der Waals surface area contributed by atoms with E-state index in [0.717, 1.165) is 12.8 Å². The molecule has 4 heteroatoms. The van der Waals surface area contributed by atoms with Gasteiger partial charge in [0.25, 0.3) is 5.91 Å². The second-order valence-electron chi connectivity index (χ2n) is 5.65. The van der Waals surface area contributed by atoms with Crippen molar-refractivity contribution in [3.05, 3.63) is 65.2 Å². The van der Waals surface area contributed by atoms with E-state index < -0.39 is 6.10 Å². The molecular weight excluding hydrogens is 310 g/mol. The predicted octanol–water partition coefficient (Wildman–Crippen LogP) is 4.24. The minimum atomic E-state index is -0.546. The monoisotopic (exact) mass is 331 g/mol. The Morgan fingerprint density at radius 3 is 2.39 bits per heavy atom. The topological polar surface area (TPSA) is 38.3 Å². The molecule has 2 aromatic rings. The molecule has 1 amide bonds. The first-order valence-electron chi connectivity index (χ1n) is 7.81. The molecule has 0 saturated heterocycles. The van der Waals surface area contributed by atoms with Crippen LogP contribution in [-0.2, 0) is 11.2 Å². The van der Waals surface area contributed by atoms with Crippen LogP contribution in [0.2, 0.25) is 5.02 Å². The first-order valence-corrected chi connectivity index (χ1v) is 8.19. The van der Waals surface area contributed by atoms with E-state index in [1.54, 1.807) is 31.2 Å². The van der Waals surface area contributed by atoms with Gasteiger partial charge in [-0.15, -0.1) is 0 Å². The van der Waals surface area contributed by atoms with Crippen molar-refractivity contribution in [1.82, 2.24) is 5.32 Å². The summed E-state index contributed by atoms with van der Waals surface area (Å²) < 4.78 is 5.62. The number of halogens is 1. The molecule has 0 unspecified atom stereocenters. The van der Waals surface area contributed by atoms with Crippen LogP contribution in [0.1, 0.15) is 25.8 Å². The molecule has 0 heterocycles. The van der Waals surface area contributed by atoms with Crippen molar-refractivity contribution in [3.63, 3.8) is 0 Å². The summed E-state index contributed by atoms with van der Waals surface area (Å²) in [4.78, 5) is 12.2. The summed E-state index contributed by atoms with van der Waals surface area (Å²) in [5.41, 5.74) is 1.28. The molecule has 0 saturated carbocycles. The van der Waals surface area contributed by atoms with Gasteiger partial charge >= 0.3 is 0 Å². The Morgan fingerprint density at radius 2 is 1.74 bits per heavy atom. The van der Waals surface area contributed by atoms with Crippen molar-refractivity contribution >= 4 is 17.5 Å². The largest absolute Gasteiger partial charge is 0.481 e. The highest BCUT2D eigenvalue weighted by atomic mass is 35.5. The lowest BCUT2D eigenvalue weighted by Crippen LogP contribution is -2.41. The van der Waals surface area contributed by atoms with Crippen LogP contribution in [0.15, 0.2) is 54.6 Å². The standard InChI is InChI=1S/C19H22ClNO2/c1-14(8-9-16-6-4-3-5-7-16)21-19(22)15(2)23-18-12-10-17(20)11-13-18/h3-7,10-15H,8-9H2,1-2H3,(H,21,22)/t14-,15-/m0/s1. The number of carbonyl (C=O) groups excluding carboxylic acids is 1. The summed E-state index contributed by atoms with van der Waals surface area (Å²) in [7, 11) is 0. The van der Waals surface area contributed by atoms with Crippen molar-refractivity contribution in [2.24, 2.45) is 0 Å². The molecule has 0 spiro atoms. The van der Waals surface area contributed by atoms with E-state index in [-0.39, 0.29) is 11.9 Å². The lowest BCUT2D eigenvalue weighted by molar-refractivity contribution is -0.127. The molecule has 3 nitrogen and oxygen atoms in total. The fourth-order valence-corrected chi connectivity index (χ4v) is 2.36. The maximum Gasteiger partial charge on any atom is 0.260 e. The van der Waals surface area contributed by atoms with E-state index in [1.165, 1.54) is 5.56 Å². The number of ether oxygens (including phenoxy) is 1. The van der Waals surface area contributed by atoms with E-state index >= 15 is 0 Å². The molecule has 0 radical (unpaired) electrons. The molecular formula is C19H22ClNO2. The molecule has 0 aliphatic carbocycles. The summed E-state index contributed by atoms with van der Waals surface area (Å²) >= 11 is 5.83. The number of carbonyl (C=O) groups is 1. The summed E-state index contributed by atoms with van der Waals surface area (Å²) in [6, 6.07) is 17.3. The molecule has 0 aliphatic heterocycles. The van der Waals surface area contributed by atoms with Crippen LogP contribution in [0.5, 0.6) is 5.75 Å². The van der Waals surface area contributed by atoms with Gasteiger partial charge in [-0.1, -0.05) is 41.9 Å². The van der Waals surface area contributed by atoms with E-state index in [0.29, 0.717) is 10.8 Å². The smallest absolute Gasteiger partial charge is 0.260 e. The third-order valence-electron chi connectivity index (χ3n) is 3.59. The first-order chi connectivity index (χ1) is 11.0. The fraction of sp³-hybridized carbons (Fsp3) is 0.316. The minimum absolute atomic E-state index is 0.0963. The third kappa shape index (κ3) is 5.95. The molecule has 2 atom stereocenters. The van der Waals surface area contributed by atoms with Gasteiger partial charge in [0.2, 0.25) is 0 Å². The Balaban J connectivity index is 1.77. The van der Waals surface area contributed by atoms with Crippen LogP contribution in [0.4, 0.5) is 0 Å². The molecule has 0 aromatic heterocycles. The molecule has 23 heavy (non-hydrogen) atoms. The molecule has 122 valence electrons. The normalized spacial score (nSPS) is 13.2. The number of nitrogens with one attached hydrogen (secondary N) is 1. The summed E-state index contributed by atoms with van der Waals surface area (Å²) in [5, 5.41) is 3.63. The Morgan fingerprint density at radius 1 is 1.09 bits per heavy atom. The first kappa shape index (κ1) is 17.4. The van der Waals surface area contributed by atoms with Crippen LogP contribution in [0, 0.1) is 0 Å². The number of rotatable bonds is 7. The molecule has 0 aliphatic rings. The molecule has 1 N–H and O–H groups in total. The third-order valence-corrected chi connectivity index (χ3v) is 3.85. The van der Waals surface area contributed by atoms with E-state index in [4.69, 9.17) is 16.3 Å². The van der Waals surface area contributed by atoms with E-state index in [1.807, 2.05) is 25.1 Å². The number of benzene rings is 2. The lowest BCUT2D eigenvalue weighted by atomic mass is 10.1. The zero-order chi connectivity index (χ0) is 16.7. The highest BCUT2D eigenvalue weighted by molar-refractivity contribution is 6.30. The maximum atomic E-state index is 12.2. The van der Waals surface area contributed by atoms with Crippen LogP contribution in [0.3, 0.4) is 0 Å². The van der Waals surface area contributed by atoms with Gasteiger partial charge in [0.15, 0.2) is 6.10 Å². The predicted molar refractivity (Wildman–Crippen MR) is 93.9 cm³/mol. The Bertz CT molecular complexity index is 613. The second kappa shape index (κ2) is 8.59. The Hall–Kier alpha value is -2.00. The molecule has 2 aromatic carbocycles. The summed E-state index contributed by atoms with van der Waals surface area (Å²) in [6.07, 6.45) is 1.29. The number of aryl methyl sites for hydroxylation is 1. The van der Waals surface area contributed by atoms with Gasteiger partial charge in [0.05, 0.1) is 0 Å². The molecule has 2 rings (SSSR count). The van der Waals surface area contributed by atoms with Crippen LogP contribution in [0.25, 0.3) is 0 Å². The van der Waals surface area contributed by atoms with Crippen molar-refractivity contribution < 1.29 is 9.53 Å². The van der Waals surface area contributed by atoms with Gasteiger partial charge in [-0.25, -0.2) is 0 Å². The minimum Gasteiger partial charge on any atom is -0.481 e. The van der Waals surface area contributed by atoms with Gasteiger partial charge in [0.1, 0.15) is 5.75 Å². The van der Waals surface area contributed by atoms with E-state index in [9.17, 15) is 4.79 Å². The Labute approximate surface area is 142 Å². The van der Waals surface area contributed by atoms with E-state index in [2.05, 4.69) is 17.4 Å². The highest BCUT2D eigenvalue weighted by Gasteiger charge is 2.16. The SMILES string of the molecule is C[C@H](Oc1ccc(Cl)cc1)C(=O)N[C@@H](C)CCc1ccccc1. The van der Waals surface area contributed by atoms with Crippen molar-refractivity contribution in [3.8, 4) is 5.75 Å². The fourth-order valence-electron chi connectivity index (χ4n) is 2.23. The maximum absolute atomic E-state index is 12.2. The quantitative estimate of drug-likeness (QED) is 0.824.